The normalized spacial score (nSPS) is 25.1. The van der Waals surface area contributed by atoms with Crippen molar-refractivity contribution in [2.45, 2.75) is 58.0 Å². The number of hydrogen-bond acceptors (Lipinski definition) is 4. The number of likely N-dealkylation sites (tertiary alicyclic amines) is 1. The molecular weight excluding hydrogens is 467 g/mol. The Bertz CT molecular complexity index is 1090. The van der Waals surface area contributed by atoms with Gasteiger partial charge < -0.3 is 20.1 Å². The van der Waals surface area contributed by atoms with E-state index in [1.165, 1.54) is 6.07 Å². The largest absolute Gasteiger partial charge is 0.385 e. The number of aryl methyl sites for hydroxylation is 1. The van der Waals surface area contributed by atoms with E-state index in [1.807, 2.05) is 49.2 Å². The van der Waals surface area contributed by atoms with E-state index in [9.17, 15) is 9.90 Å². The second-order valence-electron chi connectivity index (χ2n) is 11.5. The van der Waals surface area contributed by atoms with Gasteiger partial charge in [0.1, 0.15) is 5.82 Å². The van der Waals surface area contributed by atoms with Crippen molar-refractivity contribution >= 4 is 5.91 Å². The molecule has 2 aromatic carbocycles. The van der Waals surface area contributed by atoms with Crippen molar-refractivity contribution in [2.24, 2.45) is 17.3 Å². The summed E-state index contributed by atoms with van der Waals surface area (Å²) in [5.41, 5.74) is 1.66. The molecule has 2 fully saturated rings. The third-order valence-corrected chi connectivity index (χ3v) is 8.58. The number of halogens is 1. The second kappa shape index (κ2) is 11.6. The fourth-order valence-electron chi connectivity index (χ4n) is 6.36. The Labute approximate surface area is 221 Å². The standard InChI is InChI=1S/C31H43FN2O3/c1-22-10-7-11-23(18-22)28-25(13-8-14-27(28)32)31(36,15-5-6-17-37-4)24-12-9-16-34(20-24)29(35)26-19-30(26,2)21-33-3/h7-8,10-11,13-14,18,24,26,33,36H,5-6,9,12,15-17,19-21H2,1-4H3/t24-,26+,30+,31+/m1/s1. The van der Waals surface area contributed by atoms with Crippen LogP contribution in [0.2, 0.25) is 0 Å². The van der Waals surface area contributed by atoms with Gasteiger partial charge in [0.05, 0.1) is 5.60 Å². The summed E-state index contributed by atoms with van der Waals surface area (Å²) in [6.45, 7) is 6.81. The van der Waals surface area contributed by atoms with Gasteiger partial charge in [0.2, 0.25) is 5.91 Å². The fourth-order valence-corrected chi connectivity index (χ4v) is 6.36. The maximum atomic E-state index is 15.5. The maximum Gasteiger partial charge on any atom is 0.226 e. The zero-order valence-corrected chi connectivity index (χ0v) is 22.9. The number of carbonyl (C=O) groups excluding carboxylic acids is 1. The van der Waals surface area contributed by atoms with Crippen LogP contribution in [0.1, 0.15) is 56.6 Å². The average Bonchev–Trinajstić information content (AvgIpc) is 3.56. The summed E-state index contributed by atoms with van der Waals surface area (Å²) in [7, 11) is 3.61. The second-order valence-corrected chi connectivity index (χ2v) is 11.5. The van der Waals surface area contributed by atoms with Gasteiger partial charge in [-0.05, 0) is 75.1 Å². The molecule has 0 unspecified atom stereocenters. The molecule has 2 N–H and O–H groups in total. The van der Waals surface area contributed by atoms with Crippen LogP contribution in [0.25, 0.3) is 11.1 Å². The van der Waals surface area contributed by atoms with Crippen molar-refractivity contribution in [3.8, 4) is 11.1 Å². The van der Waals surface area contributed by atoms with Crippen molar-refractivity contribution in [3.05, 3.63) is 59.4 Å². The highest BCUT2D eigenvalue weighted by molar-refractivity contribution is 5.83. The number of unbranched alkanes of at least 4 members (excludes halogenated alkanes) is 1. The summed E-state index contributed by atoms with van der Waals surface area (Å²) >= 11 is 0. The van der Waals surface area contributed by atoms with Gasteiger partial charge in [0.15, 0.2) is 0 Å². The molecule has 202 valence electrons. The molecule has 0 aromatic heterocycles. The number of rotatable bonds is 11. The van der Waals surface area contributed by atoms with Crippen LogP contribution in [0.5, 0.6) is 0 Å². The molecule has 0 spiro atoms. The lowest BCUT2D eigenvalue weighted by molar-refractivity contribution is -0.139. The van der Waals surface area contributed by atoms with Crippen molar-refractivity contribution < 1.29 is 19.0 Å². The van der Waals surface area contributed by atoms with E-state index < -0.39 is 5.60 Å². The minimum absolute atomic E-state index is 0.0100. The third-order valence-electron chi connectivity index (χ3n) is 8.58. The predicted molar refractivity (Wildman–Crippen MR) is 146 cm³/mol. The first kappa shape index (κ1) is 27.7. The van der Waals surface area contributed by atoms with Crippen LogP contribution in [0.15, 0.2) is 42.5 Å². The molecule has 37 heavy (non-hydrogen) atoms. The molecule has 0 bridgehead atoms. The summed E-state index contributed by atoms with van der Waals surface area (Å²) in [5.74, 6) is -0.275. The van der Waals surface area contributed by atoms with E-state index in [0.29, 0.717) is 30.7 Å². The molecular formula is C31H43FN2O3. The Kier molecular flexibility index (Phi) is 8.72. The minimum atomic E-state index is -1.26. The maximum absolute atomic E-state index is 15.5. The Morgan fingerprint density at radius 3 is 2.78 bits per heavy atom. The fraction of sp³-hybridized carbons (Fsp3) is 0.581. The molecule has 1 saturated heterocycles. The van der Waals surface area contributed by atoms with Crippen LogP contribution in [-0.4, -0.2) is 56.3 Å². The SMILES string of the molecule is CNC[C@]1(C)C[C@H]1C(=O)N1CCC[C@@H]([C@@](O)(CCCCOC)c2cccc(F)c2-c2cccc(C)c2)C1. The summed E-state index contributed by atoms with van der Waals surface area (Å²) < 4.78 is 20.7. The molecule has 1 saturated carbocycles. The van der Waals surface area contributed by atoms with Crippen molar-refractivity contribution in [2.75, 3.05) is 40.4 Å². The van der Waals surface area contributed by atoms with Gasteiger partial charge in [-0.1, -0.05) is 48.9 Å². The molecule has 1 heterocycles. The van der Waals surface area contributed by atoms with Gasteiger partial charge in [-0.15, -0.1) is 0 Å². The molecule has 4 atom stereocenters. The first-order valence-corrected chi connectivity index (χ1v) is 13.7. The zero-order valence-electron chi connectivity index (χ0n) is 22.9. The number of benzene rings is 2. The third kappa shape index (κ3) is 5.92. The number of carbonyl (C=O) groups is 1. The van der Waals surface area contributed by atoms with E-state index in [1.54, 1.807) is 13.2 Å². The lowest BCUT2D eigenvalue weighted by Gasteiger charge is -2.44. The molecule has 4 rings (SSSR count). The van der Waals surface area contributed by atoms with Gasteiger partial charge in [0, 0.05) is 50.8 Å². The van der Waals surface area contributed by atoms with E-state index in [0.717, 1.165) is 56.3 Å². The van der Waals surface area contributed by atoms with E-state index in [2.05, 4.69) is 12.2 Å². The van der Waals surface area contributed by atoms with Gasteiger partial charge in [-0.2, -0.15) is 0 Å². The Morgan fingerprint density at radius 1 is 1.27 bits per heavy atom. The molecule has 0 radical (unpaired) electrons. The molecule has 5 nitrogen and oxygen atoms in total. The average molecular weight is 511 g/mol. The lowest BCUT2D eigenvalue weighted by Crippen LogP contribution is -2.49. The van der Waals surface area contributed by atoms with Crippen molar-refractivity contribution in [1.82, 2.24) is 10.2 Å². The molecule has 2 aromatic rings. The van der Waals surface area contributed by atoms with Gasteiger partial charge in [-0.25, -0.2) is 4.39 Å². The number of nitrogens with one attached hydrogen (secondary N) is 1. The summed E-state index contributed by atoms with van der Waals surface area (Å²) in [4.78, 5) is 15.4. The monoisotopic (exact) mass is 510 g/mol. The van der Waals surface area contributed by atoms with Crippen LogP contribution >= 0.6 is 0 Å². The number of nitrogens with zero attached hydrogens (tertiary/aromatic N) is 1. The van der Waals surface area contributed by atoms with Crippen LogP contribution in [0, 0.1) is 30.0 Å². The molecule has 1 amide bonds. The number of hydrogen-bond donors (Lipinski definition) is 2. The summed E-state index contributed by atoms with van der Waals surface area (Å²) in [6.07, 6.45) is 4.59. The number of amides is 1. The summed E-state index contributed by atoms with van der Waals surface area (Å²) in [5, 5.41) is 15.7. The van der Waals surface area contributed by atoms with Crippen LogP contribution in [0.3, 0.4) is 0 Å². The topological polar surface area (TPSA) is 61.8 Å². The highest BCUT2D eigenvalue weighted by atomic mass is 19.1. The molecule has 2 aliphatic rings. The van der Waals surface area contributed by atoms with E-state index in [4.69, 9.17) is 4.74 Å². The van der Waals surface area contributed by atoms with E-state index in [-0.39, 0.29) is 29.0 Å². The van der Waals surface area contributed by atoms with Crippen molar-refractivity contribution in [3.63, 3.8) is 0 Å². The van der Waals surface area contributed by atoms with Gasteiger partial charge in [-0.3, -0.25) is 4.79 Å². The Hall–Kier alpha value is -2.28. The Morgan fingerprint density at radius 2 is 2.05 bits per heavy atom. The van der Waals surface area contributed by atoms with Crippen LogP contribution in [0.4, 0.5) is 4.39 Å². The van der Waals surface area contributed by atoms with Crippen molar-refractivity contribution in [1.29, 1.82) is 0 Å². The zero-order chi connectivity index (χ0) is 26.6. The highest BCUT2D eigenvalue weighted by Crippen LogP contribution is 2.53. The quantitative estimate of drug-likeness (QED) is 0.403. The number of ether oxygens (including phenoxy) is 1. The molecule has 6 heteroatoms. The first-order chi connectivity index (χ1) is 17.7. The molecule has 1 aliphatic heterocycles. The Balaban J connectivity index is 1.67. The number of methoxy groups -OCH3 is 1. The number of aliphatic hydroxyl groups is 1. The molecule has 1 aliphatic carbocycles. The van der Waals surface area contributed by atoms with Gasteiger partial charge in [0.25, 0.3) is 0 Å². The van der Waals surface area contributed by atoms with Crippen LogP contribution in [-0.2, 0) is 15.1 Å². The highest BCUT2D eigenvalue weighted by Gasteiger charge is 2.55. The first-order valence-electron chi connectivity index (χ1n) is 13.7. The smallest absolute Gasteiger partial charge is 0.226 e. The predicted octanol–water partition coefficient (Wildman–Crippen LogP) is 5.29. The lowest BCUT2D eigenvalue weighted by atomic mass is 9.72. The van der Waals surface area contributed by atoms with Crippen LogP contribution < -0.4 is 5.32 Å². The number of piperidine rings is 1. The van der Waals surface area contributed by atoms with E-state index >= 15 is 4.39 Å². The summed E-state index contributed by atoms with van der Waals surface area (Å²) in [6, 6.07) is 12.8. The van der Waals surface area contributed by atoms with Gasteiger partial charge >= 0.3 is 0 Å². The minimum Gasteiger partial charge on any atom is -0.385 e.